The Labute approximate surface area is 111 Å². The minimum atomic E-state index is 0.245. The smallest absolute Gasteiger partial charge is 0.224 e. The number of unbranched alkanes of at least 4 members (excludes halogenated alkanes) is 1. The molecular formula is C14H28N2O2. The molecule has 18 heavy (non-hydrogen) atoms. The van der Waals surface area contributed by atoms with Gasteiger partial charge in [0.2, 0.25) is 5.91 Å². The lowest BCUT2D eigenvalue weighted by Crippen LogP contribution is -2.50. The molecule has 1 rings (SSSR count). The van der Waals surface area contributed by atoms with Crippen molar-refractivity contribution in [2.45, 2.75) is 46.1 Å². The number of hydrogen-bond acceptors (Lipinski definition) is 3. The molecule has 4 nitrogen and oxygen atoms in total. The van der Waals surface area contributed by atoms with Crippen molar-refractivity contribution in [1.82, 2.24) is 9.80 Å². The summed E-state index contributed by atoms with van der Waals surface area (Å²) in [5.74, 6) is 0.245. The molecule has 0 N–H and O–H groups in total. The van der Waals surface area contributed by atoms with Crippen LogP contribution in [-0.4, -0.2) is 61.1 Å². The third kappa shape index (κ3) is 5.36. The predicted octanol–water partition coefficient (Wildman–Crippen LogP) is 1.75. The average molecular weight is 256 g/mol. The largest absolute Gasteiger partial charge is 0.381 e. The quantitative estimate of drug-likeness (QED) is 0.651. The normalized spacial score (nSPS) is 17.4. The summed E-state index contributed by atoms with van der Waals surface area (Å²) in [7, 11) is 0. The summed E-state index contributed by atoms with van der Waals surface area (Å²) in [5.41, 5.74) is 0. The third-order valence-corrected chi connectivity index (χ3v) is 3.50. The Kier molecular flexibility index (Phi) is 7.28. The fourth-order valence-corrected chi connectivity index (χ4v) is 2.15. The first-order valence-corrected chi connectivity index (χ1v) is 7.24. The molecule has 106 valence electrons. The number of rotatable bonds is 7. The number of piperazine rings is 1. The predicted molar refractivity (Wildman–Crippen MR) is 73.6 cm³/mol. The molecule has 0 spiro atoms. The van der Waals surface area contributed by atoms with Crippen molar-refractivity contribution in [2.24, 2.45) is 0 Å². The molecule has 0 aromatic heterocycles. The van der Waals surface area contributed by atoms with E-state index >= 15 is 0 Å². The summed E-state index contributed by atoms with van der Waals surface area (Å²) in [5, 5.41) is 0. The average Bonchev–Trinajstić information content (AvgIpc) is 2.38. The van der Waals surface area contributed by atoms with Gasteiger partial charge in [-0.1, -0.05) is 13.3 Å². The number of carbonyl (C=O) groups is 1. The molecule has 1 amide bonds. The van der Waals surface area contributed by atoms with E-state index in [0.717, 1.165) is 45.6 Å². The first kappa shape index (κ1) is 15.4. The standard InChI is InChI=1S/C14H28N2O2/c1-4-5-11-18-12-6-14(17)16-9-7-15(8-10-16)13(2)3/h13H,4-12H2,1-3H3. The van der Waals surface area contributed by atoms with Gasteiger partial charge in [-0.2, -0.15) is 0 Å². The van der Waals surface area contributed by atoms with E-state index in [1.165, 1.54) is 0 Å². The summed E-state index contributed by atoms with van der Waals surface area (Å²) < 4.78 is 5.44. The topological polar surface area (TPSA) is 32.8 Å². The molecule has 0 atom stereocenters. The van der Waals surface area contributed by atoms with Crippen molar-refractivity contribution >= 4 is 5.91 Å². The second kappa shape index (κ2) is 8.48. The lowest BCUT2D eigenvalue weighted by atomic mass is 10.2. The van der Waals surface area contributed by atoms with Crippen molar-refractivity contribution in [3.05, 3.63) is 0 Å². The molecule has 1 fully saturated rings. The van der Waals surface area contributed by atoms with E-state index in [0.29, 0.717) is 19.1 Å². The van der Waals surface area contributed by atoms with Crippen molar-refractivity contribution in [3.8, 4) is 0 Å². The van der Waals surface area contributed by atoms with E-state index in [1.807, 2.05) is 4.90 Å². The molecule has 0 aliphatic carbocycles. The van der Waals surface area contributed by atoms with Crippen LogP contribution < -0.4 is 0 Å². The van der Waals surface area contributed by atoms with Gasteiger partial charge < -0.3 is 9.64 Å². The maximum Gasteiger partial charge on any atom is 0.224 e. The summed E-state index contributed by atoms with van der Waals surface area (Å²) in [6.45, 7) is 11.6. The van der Waals surface area contributed by atoms with E-state index in [1.54, 1.807) is 0 Å². The van der Waals surface area contributed by atoms with E-state index in [9.17, 15) is 4.79 Å². The van der Waals surface area contributed by atoms with Crippen LogP contribution in [0.2, 0.25) is 0 Å². The third-order valence-electron chi connectivity index (χ3n) is 3.50. The molecule has 0 bridgehead atoms. The van der Waals surface area contributed by atoms with Crippen LogP contribution in [-0.2, 0) is 9.53 Å². The number of hydrogen-bond donors (Lipinski definition) is 0. The number of nitrogens with zero attached hydrogens (tertiary/aromatic N) is 2. The first-order chi connectivity index (χ1) is 8.65. The van der Waals surface area contributed by atoms with Gasteiger partial charge in [-0.25, -0.2) is 0 Å². The van der Waals surface area contributed by atoms with Crippen LogP contribution in [0.3, 0.4) is 0 Å². The zero-order chi connectivity index (χ0) is 13.4. The first-order valence-electron chi connectivity index (χ1n) is 7.24. The lowest BCUT2D eigenvalue weighted by Gasteiger charge is -2.37. The maximum absolute atomic E-state index is 11.9. The molecule has 1 heterocycles. The number of carbonyl (C=O) groups excluding carboxylic acids is 1. The van der Waals surface area contributed by atoms with Crippen molar-refractivity contribution in [3.63, 3.8) is 0 Å². The summed E-state index contributed by atoms with van der Waals surface area (Å²) in [6, 6.07) is 0.583. The molecule has 1 aliphatic heterocycles. The number of amides is 1. The van der Waals surface area contributed by atoms with E-state index in [2.05, 4.69) is 25.7 Å². The van der Waals surface area contributed by atoms with Crippen LogP contribution in [0.4, 0.5) is 0 Å². The minimum Gasteiger partial charge on any atom is -0.381 e. The highest BCUT2D eigenvalue weighted by Crippen LogP contribution is 2.07. The Morgan fingerprint density at radius 2 is 1.83 bits per heavy atom. The highest BCUT2D eigenvalue weighted by molar-refractivity contribution is 5.76. The Bertz CT molecular complexity index is 236. The Morgan fingerprint density at radius 3 is 2.39 bits per heavy atom. The Morgan fingerprint density at radius 1 is 1.17 bits per heavy atom. The summed E-state index contributed by atoms with van der Waals surface area (Å²) in [6.07, 6.45) is 2.76. The summed E-state index contributed by atoms with van der Waals surface area (Å²) in [4.78, 5) is 16.3. The van der Waals surface area contributed by atoms with E-state index < -0.39 is 0 Å². The van der Waals surface area contributed by atoms with E-state index in [4.69, 9.17) is 4.74 Å². The highest BCUT2D eigenvalue weighted by Gasteiger charge is 2.21. The molecule has 1 aliphatic rings. The van der Waals surface area contributed by atoms with Gasteiger partial charge in [0, 0.05) is 38.8 Å². The highest BCUT2D eigenvalue weighted by atomic mass is 16.5. The van der Waals surface area contributed by atoms with Crippen LogP contribution >= 0.6 is 0 Å². The zero-order valence-corrected chi connectivity index (χ0v) is 12.2. The summed E-state index contributed by atoms with van der Waals surface area (Å²) >= 11 is 0. The van der Waals surface area contributed by atoms with Crippen LogP contribution in [0.1, 0.15) is 40.0 Å². The molecule has 0 aromatic carbocycles. The molecule has 0 saturated carbocycles. The van der Waals surface area contributed by atoms with Gasteiger partial charge in [-0.05, 0) is 20.3 Å². The van der Waals surface area contributed by atoms with Crippen LogP contribution in [0, 0.1) is 0 Å². The maximum atomic E-state index is 11.9. The fraction of sp³-hybridized carbons (Fsp3) is 0.929. The monoisotopic (exact) mass is 256 g/mol. The van der Waals surface area contributed by atoms with Gasteiger partial charge in [0.05, 0.1) is 13.0 Å². The van der Waals surface area contributed by atoms with Gasteiger partial charge in [0.25, 0.3) is 0 Å². The molecule has 1 saturated heterocycles. The van der Waals surface area contributed by atoms with Gasteiger partial charge >= 0.3 is 0 Å². The second-order valence-corrected chi connectivity index (χ2v) is 5.23. The van der Waals surface area contributed by atoms with Gasteiger partial charge in [-0.15, -0.1) is 0 Å². The minimum absolute atomic E-state index is 0.245. The van der Waals surface area contributed by atoms with Gasteiger partial charge in [0.1, 0.15) is 0 Å². The molecule has 0 radical (unpaired) electrons. The molecular weight excluding hydrogens is 228 g/mol. The molecule has 0 unspecified atom stereocenters. The zero-order valence-electron chi connectivity index (χ0n) is 12.2. The van der Waals surface area contributed by atoms with Crippen LogP contribution in [0.25, 0.3) is 0 Å². The SMILES string of the molecule is CCCCOCCC(=O)N1CCN(C(C)C)CC1. The van der Waals surface area contributed by atoms with Crippen molar-refractivity contribution in [1.29, 1.82) is 0 Å². The van der Waals surface area contributed by atoms with E-state index in [-0.39, 0.29) is 5.91 Å². The molecule has 4 heteroatoms. The van der Waals surface area contributed by atoms with Gasteiger partial charge in [-0.3, -0.25) is 9.69 Å². The van der Waals surface area contributed by atoms with Gasteiger partial charge in [0.15, 0.2) is 0 Å². The Hall–Kier alpha value is -0.610. The lowest BCUT2D eigenvalue weighted by molar-refractivity contribution is -0.134. The van der Waals surface area contributed by atoms with Crippen molar-refractivity contribution < 1.29 is 9.53 Å². The van der Waals surface area contributed by atoms with Crippen LogP contribution in [0.5, 0.6) is 0 Å². The fourth-order valence-electron chi connectivity index (χ4n) is 2.15. The molecule has 0 aromatic rings. The second-order valence-electron chi connectivity index (χ2n) is 5.23. The van der Waals surface area contributed by atoms with Crippen LogP contribution in [0.15, 0.2) is 0 Å². The van der Waals surface area contributed by atoms with Crippen molar-refractivity contribution in [2.75, 3.05) is 39.4 Å². The number of ether oxygens (including phenoxy) is 1. The Balaban J connectivity index is 2.12.